The van der Waals surface area contributed by atoms with Crippen LogP contribution in [0.3, 0.4) is 0 Å². The van der Waals surface area contributed by atoms with Crippen molar-refractivity contribution in [2.24, 2.45) is 0 Å². The average molecular weight is 469 g/mol. The number of anilines is 1. The molecule has 0 aliphatic heterocycles. The molecule has 3 aromatic rings. The van der Waals surface area contributed by atoms with E-state index < -0.39 is 47.1 Å². The standard InChI is InChI=1S/C22H20F5N3O3/c1-10(2)12-4-14(22(25,26)27)8-15(5-12)33-21-30-18(9-32-21)20(31)29-11(3)13-6-16(23)19(28)17(24)7-13/h4-11H,28H2,1-3H3,(H,29,31)/t11-/m1/s1. The van der Waals surface area contributed by atoms with Gasteiger partial charge in [0.15, 0.2) is 5.69 Å². The lowest BCUT2D eigenvalue weighted by atomic mass is 10.00. The summed E-state index contributed by atoms with van der Waals surface area (Å²) in [4.78, 5) is 16.2. The molecule has 176 valence electrons. The van der Waals surface area contributed by atoms with Crippen LogP contribution in [0.15, 0.2) is 41.0 Å². The number of nitrogens with two attached hydrogens (primary N) is 1. The highest BCUT2D eigenvalue weighted by Gasteiger charge is 2.32. The summed E-state index contributed by atoms with van der Waals surface area (Å²) in [5.41, 5.74) is 3.97. The zero-order valence-corrected chi connectivity index (χ0v) is 17.8. The molecule has 3 N–H and O–H groups in total. The van der Waals surface area contributed by atoms with Crippen LogP contribution in [0.1, 0.15) is 59.9 Å². The first-order valence-corrected chi connectivity index (χ1v) is 9.76. The summed E-state index contributed by atoms with van der Waals surface area (Å²) in [6.07, 6.45) is -4.09. The first kappa shape index (κ1) is 24.0. The number of nitrogen functional groups attached to an aromatic ring is 1. The lowest BCUT2D eigenvalue weighted by molar-refractivity contribution is -0.137. The molecule has 6 nitrogen and oxygen atoms in total. The summed E-state index contributed by atoms with van der Waals surface area (Å²) in [5.74, 6) is -3.06. The number of rotatable bonds is 6. The predicted molar refractivity (Wildman–Crippen MR) is 109 cm³/mol. The van der Waals surface area contributed by atoms with Crippen molar-refractivity contribution in [3.8, 4) is 11.8 Å². The Hall–Kier alpha value is -3.63. The van der Waals surface area contributed by atoms with Crippen molar-refractivity contribution in [3.05, 3.63) is 70.6 Å². The average Bonchev–Trinajstić information content (AvgIpc) is 3.19. The number of carbonyl (C=O) groups excluding carboxylic acids is 1. The quantitative estimate of drug-likeness (QED) is 0.343. The van der Waals surface area contributed by atoms with Gasteiger partial charge in [-0.15, -0.1) is 0 Å². The first-order valence-electron chi connectivity index (χ1n) is 9.76. The van der Waals surface area contributed by atoms with Crippen LogP contribution in [0.4, 0.5) is 27.6 Å². The van der Waals surface area contributed by atoms with Crippen molar-refractivity contribution in [1.82, 2.24) is 10.3 Å². The molecule has 33 heavy (non-hydrogen) atoms. The smallest absolute Gasteiger partial charge is 0.416 e. The molecule has 0 aliphatic carbocycles. The molecule has 0 saturated heterocycles. The van der Waals surface area contributed by atoms with Crippen LogP contribution in [0.2, 0.25) is 0 Å². The molecule has 0 bridgehead atoms. The zero-order chi connectivity index (χ0) is 24.5. The van der Waals surface area contributed by atoms with Gasteiger partial charge < -0.3 is 20.2 Å². The Balaban J connectivity index is 1.76. The summed E-state index contributed by atoms with van der Waals surface area (Å²) in [6.45, 7) is 4.94. The maximum absolute atomic E-state index is 13.7. The Morgan fingerprint density at radius 1 is 1.06 bits per heavy atom. The van der Waals surface area contributed by atoms with Gasteiger partial charge in [-0.25, -0.2) is 8.78 Å². The topological polar surface area (TPSA) is 90.4 Å². The van der Waals surface area contributed by atoms with Crippen LogP contribution in [0.5, 0.6) is 11.8 Å². The summed E-state index contributed by atoms with van der Waals surface area (Å²) in [7, 11) is 0. The molecule has 0 saturated carbocycles. The third kappa shape index (κ3) is 5.60. The van der Waals surface area contributed by atoms with Gasteiger partial charge in [0.25, 0.3) is 5.91 Å². The zero-order valence-electron chi connectivity index (χ0n) is 17.8. The minimum absolute atomic E-state index is 0.123. The molecular weight excluding hydrogens is 449 g/mol. The molecule has 0 unspecified atom stereocenters. The number of carbonyl (C=O) groups is 1. The number of nitrogens with one attached hydrogen (secondary N) is 1. The van der Waals surface area contributed by atoms with Crippen LogP contribution in [0.25, 0.3) is 0 Å². The van der Waals surface area contributed by atoms with Crippen LogP contribution >= 0.6 is 0 Å². The van der Waals surface area contributed by atoms with E-state index in [9.17, 15) is 26.7 Å². The van der Waals surface area contributed by atoms with Gasteiger partial charge in [-0.2, -0.15) is 18.2 Å². The van der Waals surface area contributed by atoms with Gasteiger partial charge in [-0.3, -0.25) is 4.79 Å². The normalized spacial score (nSPS) is 12.6. The summed E-state index contributed by atoms with van der Waals surface area (Å²) >= 11 is 0. The van der Waals surface area contributed by atoms with Gasteiger partial charge in [0.2, 0.25) is 0 Å². The van der Waals surface area contributed by atoms with E-state index in [1.54, 1.807) is 13.8 Å². The van der Waals surface area contributed by atoms with Crippen molar-refractivity contribution < 1.29 is 35.9 Å². The molecule has 0 spiro atoms. The lowest BCUT2D eigenvalue weighted by Crippen LogP contribution is -2.27. The molecule has 0 aliphatic rings. The largest absolute Gasteiger partial charge is 0.416 e. The number of nitrogens with zero attached hydrogens (tertiary/aromatic N) is 1. The Kier molecular flexibility index (Phi) is 6.61. The van der Waals surface area contributed by atoms with Crippen molar-refractivity contribution in [2.75, 3.05) is 5.73 Å². The Morgan fingerprint density at radius 2 is 1.70 bits per heavy atom. The summed E-state index contributed by atoms with van der Waals surface area (Å²) in [6, 6.07) is 4.38. The van der Waals surface area contributed by atoms with Crippen molar-refractivity contribution in [1.29, 1.82) is 0 Å². The fourth-order valence-electron chi connectivity index (χ4n) is 2.90. The lowest BCUT2D eigenvalue weighted by Gasteiger charge is -2.14. The maximum atomic E-state index is 13.7. The molecule has 0 fully saturated rings. The van der Waals surface area contributed by atoms with Gasteiger partial charge in [0.1, 0.15) is 29.3 Å². The van der Waals surface area contributed by atoms with Crippen LogP contribution in [-0.2, 0) is 6.18 Å². The molecule has 1 amide bonds. The molecule has 0 radical (unpaired) electrons. The number of hydrogen-bond acceptors (Lipinski definition) is 5. The van der Waals surface area contributed by atoms with E-state index in [2.05, 4.69) is 10.3 Å². The number of amides is 1. The van der Waals surface area contributed by atoms with Crippen LogP contribution < -0.4 is 15.8 Å². The number of ether oxygens (including phenoxy) is 1. The number of hydrogen-bond donors (Lipinski definition) is 2. The number of halogens is 5. The highest BCUT2D eigenvalue weighted by molar-refractivity contribution is 5.92. The third-order valence-corrected chi connectivity index (χ3v) is 4.79. The van der Waals surface area contributed by atoms with Gasteiger partial charge in [0.05, 0.1) is 11.6 Å². The number of alkyl halides is 3. The molecular formula is C22H20F5N3O3. The molecule has 1 heterocycles. The molecule has 1 atom stereocenters. The van der Waals surface area contributed by atoms with Crippen molar-refractivity contribution >= 4 is 11.6 Å². The van der Waals surface area contributed by atoms with E-state index in [0.29, 0.717) is 5.56 Å². The third-order valence-electron chi connectivity index (χ3n) is 4.79. The molecule has 2 aromatic carbocycles. The van der Waals surface area contributed by atoms with Crippen molar-refractivity contribution in [2.45, 2.75) is 38.9 Å². The fraction of sp³-hybridized carbons (Fsp3) is 0.273. The van der Waals surface area contributed by atoms with Gasteiger partial charge in [-0.1, -0.05) is 13.8 Å². The minimum Gasteiger partial charge on any atom is -0.416 e. The van der Waals surface area contributed by atoms with E-state index in [4.69, 9.17) is 14.9 Å². The molecule has 1 aromatic heterocycles. The summed E-state index contributed by atoms with van der Waals surface area (Å²) < 4.78 is 77.2. The number of oxazole rings is 1. The van der Waals surface area contributed by atoms with Gasteiger partial charge >= 0.3 is 12.3 Å². The highest BCUT2D eigenvalue weighted by Crippen LogP contribution is 2.35. The van der Waals surface area contributed by atoms with E-state index in [-0.39, 0.29) is 22.9 Å². The van der Waals surface area contributed by atoms with Crippen molar-refractivity contribution in [3.63, 3.8) is 0 Å². The maximum Gasteiger partial charge on any atom is 0.416 e. The predicted octanol–water partition coefficient (Wildman–Crippen LogP) is 5.96. The molecule has 3 rings (SSSR count). The van der Waals surface area contributed by atoms with E-state index in [1.807, 2.05) is 0 Å². The highest BCUT2D eigenvalue weighted by atomic mass is 19.4. The van der Waals surface area contributed by atoms with E-state index in [1.165, 1.54) is 13.0 Å². The second kappa shape index (κ2) is 9.08. The van der Waals surface area contributed by atoms with Gasteiger partial charge in [-0.05, 0) is 54.3 Å². The van der Waals surface area contributed by atoms with E-state index >= 15 is 0 Å². The Morgan fingerprint density at radius 3 is 2.27 bits per heavy atom. The fourth-order valence-corrected chi connectivity index (χ4v) is 2.90. The Bertz CT molecular complexity index is 1150. The van der Waals surface area contributed by atoms with Crippen LogP contribution in [-0.4, -0.2) is 10.9 Å². The van der Waals surface area contributed by atoms with Gasteiger partial charge in [0, 0.05) is 0 Å². The SMILES string of the molecule is CC(C)c1cc(Oc2nc(C(=O)N[C@H](C)c3cc(F)c(N)c(F)c3)co2)cc(C(F)(F)F)c1. The Labute approximate surface area is 185 Å². The number of benzene rings is 2. The van der Waals surface area contributed by atoms with E-state index in [0.717, 1.165) is 30.5 Å². The molecule has 11 heteroatoms. The summed E-state index contributed by atoms with van der Waals surface area (Å²) in [5, 5.41) is 2.48. The second-order valence-electron chi connectivity index (χ2n) is 7.64. The number of aromatic nitrogens is 1. The second-order valence-corrected chi connectivity index (χ2v) is 7.64. The van der Waals surface area contributed by atoms with Crippen LogP contribution in [0, 0.1) is 11.6 Å². The minimum atomic E-state index is -4.58. The monoisotopic (exact) mass is 469 g/mol. The first-order chi connectivity index (χ1) is 15.3.